The van der Waals surface area contributed by atoms with E-state index in [0.29, 0.717) is 6.54 Å². The number of carbonyl (C=O) groups is 1. The molecule has 0 aromatic heterocycles. The molecule has 0 aliphatic carbocycles. The monoisotopic (exact) mass is 312 g/mol. The second-order valence-corrected chi connectivity index (χ2v) is 5.23. The predicted molar refractivity (Wildman–Crippen MR) is 74.6 cm³/mol. The summed E-state index contributed by atoms with van der Waals surface area (Å²) in [5, 5.41) is 6.08. The van der Waals surface area contributed by atoms with Crippen molar-refractivity contribution in [2.24, 2.45) is 0 Å². The second kappa shape index (κ2) is 6.31. The van der Waals surface area contributed by atoms with Crippen LogP contribution < -0.4 is 10.6 Å². The number of anilines is 1. The molecule has 0 saturated carbocycles. The van der Waals surface area contributed by atoms with Crippen LogP contribution in [-0.4, -0.2) is 31.2 Å². The van der Waals surface area contributed by atoms with E-state index in [1.165, 1.54) is 0 Å². The van der Waals surface area contributed by atoms with E-state index in [1.54, 1.807) is 0 Å². The van der Waals surface area contributed by atoms with Crippen molar-refractivity contribution in [3.05, 3.63) is 28.7 Å². The van der Waals surface area contributed by atoms with Gasteiger partial charge >= 0.3 is 0 Å². The van der Waals surface area contributed by atoms with Gasteiger partial charge in [-0.2, -0.15) is 0 Å². The van der Waals surface area contributed by atoms with Gasteiger partial charge in [0.15, 0.2) is 0 Å². The fourth-order valence-corrected chi connectivity index (χ4v) is 2.36. The minimum absolute atomic E-state index is 0.0407. The molecule has 1 saturated heterocycles. The van der Waals surface area contributed by atoms with Gasteiger partial charge < -0.3 is 15.4 Å². The number of rotatable bonds is 4. The molecule has 2 N–H and O–H groups in total. The molecule has 2 rings (SSSR count). The first-order valence-corrected chi connectivity index (χ1v) is 6.85. The summed E-state index contributed by atoms with van der Waals surface area (Å²) in [6.45, 7) is 3.10. The van der Waals surface area contributed by atoms with Crippen molar-refractivity contribution < 1.29 is 9.53 Å². The Morgan fingerprint density at radius 2 is 2.28 bits per heavy atom. The van der Waals surface area contributed by atoms with E-state index in [-0.39, 0.29) is 18.1 Å². The van der Waals surface area contributed by atoms with E-state index in [9.17, 15) is 4.79 Å². The maximum atomic E-state index is 11.8. The summed E-state index contributed by atoms with van der Waals surface area (Å²) in [5.41, 5.74) is 0.792. The van der Waals surface area contributed by atoms with Gasteiger partial charge in [-0.25, -0.2) is 0 Å². The lowest BCUT2D eigenvalue weighted by Crippen LogP contribution is -2.39. The summed E-state index contributed by atoms with van der Waals surface area (Å²) in [5.74, 6) is -0.0407. The number of hydrogen-bond acceptors (Lipinski definition) is 3. The Hall–Kier alpha value is -0.910. The Kier molecular flexibility index (Phi) is 4.74. The van der Waals surface area contributed by atoms with E-state index < -0.39 is 0 Å². The van der Waals surface area contributed by atoms with Crippen molar-refractivity contribution in [1.82, 2.24) is 5.32 Å². The third kappa shape index (κ3) is 3.54. The maximum absolute atomic E-state index is 11.8. The summed E-state index contributed by atoms with van der Waals surface area (Å²) >= 11 is 3.40. The van der Waals surface area contributed by atoms with Crippen molar-refractivity contribution in [3.8, 4) is 0 Å². The van der Waals surface area contributed by atoms with Gasteiger partial charge in [0.25, 0.3) is 0 Å². The molecule has 1 aliphatic rings. The Morgan fingerprint density at radius 1 is 1.50 bits per heavy atom. The molecule has 1 fully saturated rings. The largest absolute Gasteiger partial charge is 0.377 e. The minimum Gasteiger partial charge on any atom is -0.377 e. The molecule has 2 unspecified atom stereocenters. The van der Waals surface area contributed by atoms with Gasteiger partial charge in [0.1, 0.15) is 0 Å². The molecule has 0 radical (unpaired) electrons. The van der Waals surface area contributed by atoms with E-state index >= 15 is 0 Å². The lowest BCUT2D eigenvalue weighted by molar-refractivity contribution is -0.115. The summed E-state index contributed by atoms with van der Waals surface area (Å²) < 4.78 is 6.32. The zero-order chi connectivity index (χ0) is 13.0. The fraction of sp³-hybridized carbons (Fsp3) is 0.462. The van der Waals surface area contributed by atoms with E-state index in [2.05, 4.69) is 26.6 Å². The average molecular weight is 313 g/mol. The Balaban J connectivity index is 1.80. The number of halogens is 1. The van der Waals surface area contributed by atoms with Crippen LogP contribution in [0.15, 0.2) is 28.7 Å². The number of amides is 1. The first-order chi connectivity index (χ1) is 8.66. The van der Waals surface area contributed by atoms with E-state index in [0.717, 1.165) is 23.2 Å². The number of carbonyl (C=O) groups excluding carboxylic acids is 1. The number of hydrogen-bond donors (Lipinski definition) is 2. The molecule has 1 amide bonds. The smallest absolute Gasteiger partial charge is 0.238 e. The average Bonchev–Trinajstić information content (AvgIpc) is 2.75. The molecule has 98 valence electrons. The zero-order valence-corrected chi connectivity index (χ0v) is 11.9. The van der Waals surface area contributed by atoms with E-state index in [1.807, 2.05) is 31.2 Å². The van der Waals surface area contributed by atoms with Crippen LogP contribution in [0.5, 0.6) is 0 Å². The molecular formula is C13H17BrN2O2. The topological polar surface area (TPSA) is 50.4 Å². The molecule has 1 aromatic carbocycles. The summed E-state index contributed by atoms with van der Waals surface area (Å²) in [4.78, 5) is 11.8. The molecule has 1 aliphatic heterocycles. The molecule has 0 bridgehead atoms. The van der Waals surface area contributed by atoms with Gasteiger partial charge in [0, 0.05) is 17.1 Å². The highest BCUT2D eigenvalue weighted by Crippen LogP contribution is 2.20. The SMILES string of the molecule is CC1OCCC1NCC(=O)Nc1ccccc1Br. The van der Waals surface area contributed by atoms with Crippen molar-refractivity contribution in [1.29, 1.82) is 0 Å². The van der Waals surface area contributed by atoms with E-state index in [4.69, 9.17) is 4.74 Å². The van der Waals surface area contributed by atoms with Crippen molar-refractivity contribution in [2.45, 2.75) is 25.5 Å². The van der Waals surface area contributed by atoms with Crippen LogP contribution in [0.4, 0.5) is 5.69 Å². The third-order valence-corrected chi connectivity index (χ3v) is 3.74. The van der Waals surface area contributed by atoms with Crippen molar-refractivity contribution in [3.63, 3.8) is 0 Å². The zero-order valence-electron chi connectivity index (χ0n) is 10.3. The molecule has 1 heterocycles. The molecule has 4 nitrogen and oxygen atoms in total. The highest BCUT2D eigenvalue weighted by molar-refractivity contribution is 9.10. The molecule has 2 atom stereocenters. The molecule has 18 heavy (non-hydrogen) atoms. The summed E-state index contributed by atoms with van der Waals surface area (Å²) in [6.07, 6.45) is 1.14. The van der Waals surface area contributed by atoms with Gasteiger partial charge in [-0.1, -0.05) is 12.1 Å². The Morgan fingerprint density at radius 3 is 2.94 bits per heavy atom. The third-order valence-electron chi connectivity index (χ3n) is 3.05. The minimum atomic E-state index is -0.0407. The second-order valence-electron chi connectivity index (χ2n) is 4.38. The number of ether oxygens (including phenoxy) is 1. The molecular weight excluding hydrogens is 296 g/mol. The summed E-state index contributed by atoms with van der Waals surface area (Å²) in [7, 11) is 0. The van der Waals surface area contributed by atoms with Crippen LogP contribution in [0.25, 0.3) is 0 Å². The molecule has 1 aromatic rings. The van der Waals surface area contributed by atoms with Crippen LogP contribution in [-0.2, 0) is 9.53 Å². The van der Waals surface area contributed by atoms with Gasteiger partial charge in [-0.05, 0) is 41.4 Å². The highest BCUT2D eigenvalue weighted by Gasteiger charge is 2.24. The summed E-state index contributed by atoms with van der Waals surface area (Å²) in [6, 6.07) is 7.84. The van der Waals surface area contributed by atoms with Gasteiger partial charge in [-0.3, -0.25) is 4.79 Å². The fourth-order valence-electron chi connectivity index (χ4n) is 1.98. The van der Waals surface area contributed by atoms with Crippen LogP contribution in [0.1, 0.15) is 13.3 Å². The number of para-hydroxylation sites is 1. The first-order valence-electron chi connectivity index (χ1n) is 6.06. The predicted octanol–water partition coefficient (Wildman–Crippen LogP) is 2.15. The Bertz CT molecular complexity index is 425. The Labute approximate surface area is 115 Å². The van der Waals surface area contributed by atoms with Crippen LogP contribution in [0.2, 0.25) is 0 Å². The number of benzene rings is 1. The maximum Gasteiger partial charge on any atom is 0.238 e. The van der Waals surface area contributed by atoms with Gasteiger partial charge in [0.05, 0.1) is 18.3 Å². The quantitative estimate of drug-likeness (QED) is 0.895. The van der Waals surface area contributed by atoms with Crippen molar-refractivity contribution >= 4 is 27.5 Å². The molecule has 0 spiro atoms. The van der Waals surface area contributed by atoms with Crippen LogP contribution >= 0.6 is 15.9 Å². The lowest BCUT2D eigenvalue weighted by atomic mass is 10.1. The van der Waals surface area contributed by atoms with Crippen LogP contribution in [0.3, 0.4) is 0 Å². The number of nitrogens with one attached hydrogen (secondary N) is 2. The standard InChI is InChI=1S/C13H17BrN2O2/c1-9-11(6-7-18-9)15-8-13(17)16-12-5-3-2-4-10(12)14/h2-5,9,11,15H,6-8H2,1H3,(H,16,17). The van der Waals surface area contributed by atoms with Crippen LogP contribution in [0, 0.1) is 0 Å². The molecule has 5 heteroatoms. The first kappa shape index (κ1) is 13.5. The van der Waals surface area contributed by atoms with Gasteiger partial charge in [-0.15, -0.1) is 0 Å². The van der Waals surface area contributed by atoms with Gasteiger partial charge in [0.2, 0.25) is 5.91 Å². The van der Waals surface area contributed by atoms with Crippen molar-refractivity contribution in [2.75, 3.05) is 18.5 Å². The lowest BCUT2D eigenvalue weighted by Gasteiger charge is -2.15. The highest BCUT2D eigenvalue weighted by atomic mass is 79.9. The normalized spacial score (nSPS) is 23.0.